The van der Waals surface area contributed by atoms with E-state index in [9.17, 15) is 0 Å². The second kappa shape index (κ2) is 5.06. The van der Waals surface area contributed by atoms with Crippen LogP contribution in [0.3, 0.4) is 0 Å². The molecule has 1 heterocycles. The van der Waals surface area contributed by atoms with Crippen molar-refractivity contribution in [2.24, 2.45) is 0 Å². The fourth-order valence-corrected chi connectivity index (χ4v) is 8.48. The zero-order valence-corrected chi connectivity index (χ0v) is 8.95. The highest BCUT2D eigenvalue weighted by molar-refractivity contribution is 7.10. The zero-order chi connectivity index (χ0) is 7.23. The Kier molecular flexibility index (Phi) is 4.28. The van der Waals surface area contributed by atoms with Crippen LogP contribution >= 0.6 is 0 Å². The first-order chi connectivity index (χ1) is 4.93. The van der Waals surface area contributed by atoms with E-state index >= 15 is 0 Å². The number of aliphatic hydroxyl groups is 1. The SMILES string of the molecule is OCCC[SiH]1CCCO[SiH2]1. The Bertz CT molecular complexity index is 83.8. The molecule has 1 rings (SSSR count). The molecule has 0 bridgehead atoms. The molecule has 1 N–H and O–H groups in total. The third kappa shape index (κ3) is 2.96. The summed E-state index contributed by atoms with van der Waals surface area (Å²) in [4.78, 5) is 0. The third-order valence-electron chi connectivity index (χ3n) is 2.03. The molecule has 1 atom stereocenters. The Morgan fingerprint density at radius 1 is 1.60 bits per heavy atom. The number of aliphatic hydroxyl groups excluding tert-OH is 1. The van der Waals surface area contributed by atoms with Crippen molar-refractivity contribution in [3.05, 3.63) is 0 Å². The fraction of sp³-hybridized carbons (Fsp3) is 1.00. The molecular weight excluding hydrogens is 160 g/mol. The van der Waals surface area contributed by atoms with Crippen LogP contribution in [0.5, 0.6) is 0 Å². The maximum Gasteiger partial charge on any atom is 0.147 e. The van der Waals surface area contributed by atoms with Crippen LogP contribution in [0.2, 0.25) is 12.1 Å². The van der Waals surface area contributed by atoms with E-state index in [1.54, 1.807) is 0 Å². The van der Waals surface area contributed by atoms with Crippen LogP contribution in [-0.4, -0.2) is 35.9 Å². The number of hydrogen-bond acceptors (Lipinski definition) is 2. The van der Waals surface area contributed by atoms with Gasteiger partial charge in [0, 0.05) is 13.2 Å². The van der Waals surface area contributed by atoms with E-state index in [1.165, 1.54) is 18.5 Å². The molecule has 1 aliphatic heterocycles. The molecule has 0 saturated carbocycles. The summed E-state index contributed by atoms with van der Waals surface area (Å²) in [7, 11) is -0.457. The van der Waals surface area contributed by atoms with Crippen LogP contribution in [0.15, 0.2) is 0 Å². The second-order valence-electron chi connectivity index (χ2n) is 2.95. The lowest BCUT2D eigenvalue weighted by molar-refractivity contribution is 0.294. The lowest BCUT2D eigenvalue weighted by atomic mass is 10.5. The summed E-state index contributed by atoms with van der Waals surface area (Å²) in [6.45, 7) is 1.42. The van der Waals surface area contributed by atoms with Gasteiger partial charge in [0.25, 0.3) is 0 Å². The van der Waals surface area contributed by atoms with Gasteiger partial charge in [0.1, 0.15) is 9.28 Å². The predicted molar refractivity (Wildman–Crippen MR) is 47.6 cm³/mol. The van der Waals surface area contributed by atoms with E-state index in [4.69, 9.17) is 9.53 Å². The lowest BCUT2D eigenvalue weighted by Gasteiger charge is -2.19. The molecule has 10 heavy (non-hydrogen) atoms. The van der Waals surface area contributed by atoms with Crippen LogP contribution in [0, 0.1) is 0 Å². The minimum Gasteiger partial charge on any atom is -0.428 e. The van der Waals surface area contributed by atoms with Crippen molar-refractivity contribution in [1.29, 1.82) is 0 Å². The summed E-state index contributed by atoms with van der Waals surface area (Å²) in [5.74, 6) is 0. The van der Waals surface area contributed by atoms with Gasteiger partial charge in [0.05, 0.1) is 8.31 Å². The molecule has 2 nitrogen and oxygen atoms in total. The van der Waals surface area contributed by atoms with Gasteiger partial charge in [0.2, 0.25) is 0 Å². The van der Waals surface area contributed by atoms with E-state index in [1.807, 2.05) is 0 Å². The van der Waals surface area contributed by atoms with Crippen LogP contribution in [0.25, 0.3) is 0 Å². The zero-order valence-electron chi connectivity index (χ0n) is 6.38. The summed E-state index contributed by atoms with van der Waals surface area (Å²) in [5, 5.41) is 8.59. The first kappa shape index (κ1) is 8.45. The minimum atomic E-state index is -0.387. The van der Waals surface area contributed by atoms with Gasteiger partial charge in [-0.1, -0.05) is 12.1 Å². The molecule has 60 valence electrons. The molecule has 4 heteroatoms. The normalized spacial score (nSPS) is 29.1. The maximum atomic E-state index is 8.59. The second-order valence-corrected chi connectivity index (χ2v) is 11.0. The van der Waals surface area contributed by atoms with Gasteiger partial charge in [-0.2, -0.15) is 0 Å². The predicted octanol–water partition coefficient (Wildman–Crippen LogP) is -0.403. The Balaban J connectivity index is 2.02. The van der Waals surface area contributed by atoms with Crippen molar-refractivity contribution in [2.45, 2.75) is 24.9 Å². The van der Waals surface area contributed by atoms with Gasteiger partial charge in [0.15, 0.2) is 0 Å². The third-order valence-corrected chi connectivity index (χ3v) is 10.0. The molecule has 1 aliphatic rings. The van der Waals surface area contributed by atoms with Crippen molar-refractivity contribution in [1.82, 2.24) is 0 Å². The Labute approximate surface area is 65.9 Å². The Morgan fingerprint density at radius 2 is 2.50 bits per heavy atom. The Hall–Kier alpha value is 0.354. The van der Waals surface area contributed by atoms with E-state index in [-0.39, 0.29) is 17.6 Å². The average molecular weight is 176 g/mol. The summed E-state index contributed by atoms with van der Waals surface area (Å²) < 4.78 is 5.50. The highest BCUT2D eigenvalue weighted by Crippen LogP contribution is 2.09. The van der Waals surface area contributed by atoms with Crippen molar-refractivity contribution >= 4 is 17.6 Å². The Morgan fingerprint density at radius 3 is 3.10 bits per heavy atom. The minimum absolute atomic E-state index is 0.0701. The first-order valence-corrected chi connectivity index (χ1v) is 9.59. The van der Waals surface area contributed by atoms with Crippen LogP contribution in [0.4, 0.5) is 0 Å². The van der Waals surface area contributed by atoms with Gasteiger partial charge < -0.3 is 9.53 Å². The molecule has 1 saturated heterocycles. The monoisotopic (exact) mass is 176 g/mol. The van der Waals surface area contributed by atoms with E-state index in [0.717, 1.165) is 13.0 Å². The molecule has 0 amide bonds. The van der Waals surface area contributed by atoms with E-state index < -0.39 is 0 Å². The van der Waals surface area contributed by atoms with Gasteiger partial charge in [-0.05, 0) is 12.8 Å². The average Bonchev–Trinajstić information content (AvgIpc) is 2.03. The molecule has 0 spiro atoms. The molecule has 1 unspecified atom stereocenters. The highest BCUT2D eigenvalue weighted by atomic mass is 29.2. The molecule has 0 radical (unpaired) electrons. The topological polar surface area (TPSA) is 29.5 Å². The van der Waals surface area contributed by atoms with Crippen molar-refractivity contribution in [2.75, 3.05) is 13.2 Å². The van der Waals surface area contributed by atoms with Crippen LogP contribution in [0.1, 0.15) is 12.8 Å². The lowest BCUT2D eigenvalue weighted by Crippen LogP contribution is -2.29. The molecule has 0 aliphatic carbocycles. The van der Waals surface area contributed by atoms with Crippen molar-refractivity contribution < 1.29 is 9.53 Å². The summed E-state index contributed by atoms with van der Waals surface area (Å²) >= 11 is 0. The summed E-state index contributed by atoms with van der Waals surface area (Å²) in [6.07, 6.45) is 2.34. The number of rotatable bonds is 3. The quantitative estimate of drug-likeness (QED) is 0.593. The van der Waals surface area contributed by atoms with E-state index in [2.05, 4.69) is 0 Å². The van der Waals surface area contributed by atoms with Gasteiger partial charge >= 0.3 is 0 Å². The smallest absolute Gasteiger partial charge is 0.147 e. The van der Waals surface area contributed by atoms with Crippen LogP contribution in [-0.2, 0) is 4.43 Å². The summed E-state index contributed by atoms with van der Waals surface area (Å²) in [5.41, 5.74) is 0. The van der Waals surface area contributed by atoms with E-state index in [0.29, 0.717) is 6.61 Å². The van der Waals surface area contributed by atoms with Gasteiger partial charge in [-0.25, -0.2) is 0 Å². The molecule has 0 aromatic rings. The van der Waals surface area contributed by atoms with Crippen molar-refractivity contribution in [3.8, 4) is 0 Å². The standard InChI is InChI=1S/C6H16O2Si2/c7-3-1-5-10-6-2-4-8-9-10/h7,10H,1-6,9H2. The molecule has 0 aromatic heterocycles. The first-order valence-electron chi connectivity index (χ1n) is 4.12. The fourth-order valence-electron chi connectivity index (χ4n) is 1.42. The van der Waals surface area contributed by atoms with Crippen molar-refractivity contribution in [3.63, 3.8) is 0 Å². The molecule has 0 aromatic carbocycles. The largest absolute Gasteiger partial charge is 0.428 e. The highest BCUT2D eigenvalue weighted by Gasteiger charge is 2.15. The summed E-state index contributed by atoms with van der Waals surface area (Å²) in [6, 6.07) is 2.83. The van der Waals surface area contributed by atoms with Crippen LogP contribution < -0.4 is 0 Å². The van der Waals surface area contributed by atoms with Gasteiger partial charge in [-0.15, -0.1) is 0 Å². The number of hydrogen-bond donors (Lipinski definition) is 1. The molecule has 1 fully saturated rings. The maximum absolute atomic E-state index is 8.59. The van der Waals surface area contributed by atoms with Gasteiger partial charge in [-0.3, -0.25) is 0 Å². The molecular formula is C6H16O2Si2.